The van der Waals surface area contributed by atoms with Crippen LogP contribution in [0, 0.1) is 11.8 Å². The molecule has 0 aliphatic heterocycles. The zero-order valence-electron chi connectivity index (χ0n) is 18.8. The fraction of sp³-hybridized carbons (Fsp3) is 0.231. The van der Waals surface area contributed by atoms with E-state index < -0.39 is 6.10 Å². The first-order chi connectivity index (χ1) is 16.5. The van der Waals surface area contributed by atoms with E-state index in [9.17, 15) is 9.90 Å². The molecule has 0 radical (unpaired) electrons. The van der Waals surface area contributed by atoms with Crippen LogP contribution in [0.3, 0.4) is 0 Å². The topological polar surface area (TPSA) is 120 Å². The third-order valence-electron chi connectivity index (χ3n) is 5.21. The van der Waals surface area contributed by atoms with Crippen molar-refractivity contribution in [2.24, 2.45) is 5.73 Å². The number of carbonyl (C=O) groups excluding carboxylic acids is 1. The Kier molecular flexibility index (Phi) is 7.16. The Morgan fingerprint density at radius 3 is 2.59 bits per heavy atom. The number of aliphatic hydroxyl groups is 1. The molecule has 0 fully saturated rings. The van der Waals surface area contributed by atoms with Crippen LogP contribution in [0.2, 0.25) is 0 Å². The number of aromatic nitrogens is 4. The van der Waals surface area contributed by atoms with Gasteiger partial charge in [0.05, 0.1) is 6.54 Å². The fourth-order valence-corrected chi connectivity index (χ4v) is 3.47. The molecule has 4 rings (SSSR count). The highest BCUT2D eigenvalue weighted by atomic mass is 16.5. The maximum atomic E-state index is 10.8. The minimum Gasteiger partial charge on any atom is -0.385 e. The number of hydrogen-bond acceptors (Lipinski definition) is 6. The van der Waals surface area contributed by atoms with Gasteiger partial charge in [0, 0.05) is 53.5 Å². The van der Waals surface area contributed by atoms with Crippen molar-refractivity contribution >= 4 is 5.91 Å². The summed E-state index contributed by atoms with van der Waals surface area (Å²) in [7, 11) is 0. The summed E-state index contributed by atoms with van der Waals surface area (Å²) < 4.78 is 7.35. The first-order valence-corrected chi connectivity index (χ1v) is 11.0. The highest BCUT2D eigenvalue weighted by Crippen LogP contribution is 2.22. The molecule has 1 aromatic carbocycles. The monoisotopic (exact) mass is 455 g/mol. The molecule has 172 valence electrons. The normalized spacial score (nSPS) is 11.6. The van der Waals surface area contributed by atoms with Gasteiger partial charge in [0.25, 0.3) is 0 Å². The number of aryl methyl sites for hydroxylation is 1. The van der Waals surface area contributed by atoms with Gasteiger partial charge in [-0.3, -0.25) is 9.78 Å². The summed E-state index contributed by atoms with van der Waals surface area (Å²) >= 11 is 0. The zero-order chi connectivity index (χ0) is 23.9. The molecular formula is C26H25N5O3. The minimum absolute atomic E-state index is 0.293. The van der Waals surface area contributed by atoms with E-state index in [1.165, 1.54) is 0 Å². The van der Waals surface area contributed by atoms with Crippen LogP contribution >= 0.6 is 0 Å². The molecule has 1 atom stereocenters. The lowest BCUT2D eigenvalue weighted by atomic mass is 10.1. The minimum atomic E-state index is -0.656. The van der Waals surface area contributed by atoms with E-state index in [4.69, 9.17) is 10.3 Å². The van der Waals surface area contributed by atoms with E-state index in [0.717, 1.165) is 28.1 Å². The van der Waals surface area contributed by atoms with Crippen molar-refractivity contribution in [3.05, 3.63) is 89.4 Å². The maximum Gasteiger partial charge on any atom is 0.217 e. The Morgan fingerprint density at radius 1 is 1.12 bits per heavy atom. The fourth-order valence-electron chi connectivity index (χ4n) is 3.47. The summed E-state index contributed by atoms with van der Waals surface area (Å²) in [6.07, 6.45) is 6.31. The summed E-state index contributed by atoms with van der Waals surface area (Å²) in [5.74, 6) is 7.20. The molecule has 34 heavy (non-hydrogen) atoms. The van der Waals surface area contributed by atoms with Gasteiger partial charge in [-0.2, -0.15) is 0 Å². The van der Waals surface area contributed by atoms with Gasteiger partial charge in [-0.15, -0.1) is 0 Å². The number of amides is 1. The predicted molar refractivity (Wildman–Crippen MR) is 126 cm³/mol. The van der Waals surface area contributed by atoms with Gasteiger partial charge in [0.15, 0.2) is 5.76 Å². The number of carbonyl (C=O) groups is 1. The van der Waals surface area contributed by atoms with Crippen molar-refractivity contribution in [2.45, 2.75) is 38.8 Å². The Labute approximate surface area is 197 Å². The molecule has 8 nitrogen and oxygen atoms in total. The molecule has 4 aromatic rings. The van der Waals surface area contributed by atoms with Gasteiger partial charge in [-0.05, 0) is 56.2 Å². The summed E-state index contributed by atoms with van der Waals surface area (Å²) in [4.78, 5) is 19.4. The standard InChI is InChI=1S/C26H25N5O3/c1-18(32)26-28-13-14-31(26)17-23-15-24(34-30-23)21-10-7-19(8-11-21)5-6-20-9-12-22(29-16-20)3-2-4-25(27)33/h7-16,18,32H,2-4,17H2,1H3,(H2,27,33)/t18-/m0/s1. The molecule has 0 unspecified atom stereocenters. The first kappa shape index (κ1) is 23.0. The van der Waals surface area contributed by atoms with Gasteiger partial charge in [0.1, 0.15) is 17.6 Å². The maximum absolute atomic E-state index is 10.8. The third kappa shape index (κ3) is 5.97. The summed E-state index contributed by atoms with van der Waals surface area (Å²) in [6, 6.07) is 13.5. The second-order valence-corrected chi connectivity index (χ2v) is 7.96. The second kappa shape index (κ2) is 10.6. The van der Waals surface area contributed by atoms with E-state index >= 15 is 0 Å². The Morgan fingerprint density at radius 2 is 1.88 bits per heavy atom. The van der Waals surface area contributed by atoms with Gasteiger partial charge in [-0.1, -0.05) is 17.0 Å². The lowest BCUT2D eigenvalue weighted by Crippen LogP contribution is -2.10. The van der Waals surface area contributed by atoms with Crippen LogP contribution in [0.4, 0.5) is 0 Å². The van der Waals surface area contributed by atoms with Crippen molar-refractivity contribution in [2.75, 3.05) is 0 Å². The SMILES string of the molecule is C[C@H](O)c1nccn1Cc1cc(-c2ccc(C#Cc3ccc(CCCC(N)=O)nc3)cc2)on1. The molecule has 0 saturated heterocycles. The molecule has 3 aromatic heterocycles. The van der Waals surface area contributed by atoms with Crippen molar-refractivity contribution < 1.29 is 14.4 Å². The molecule has 1 amide bonds. The van der Waals surface area contributed by atoms with Gasteiger partial charge < -0.3 is 19.9 Å². The Balaban J connectivity index is 1.37. The van der Waals surface area contributed by atoms with E-state index in [0.29, 0.717) is 37.4 Å². The third-order valence-corrected chi connectivity index (χ3v) is 5.21. The summed E-state index contributed by atoms with van der Waals surface area (Å²) in [5.41, 5.74) is 9.40. The van der Waals surface area contributed by atoms with Crippen LogP contribution in [0.25, 0.3) is 11.3 Å². The number of imidazole rings is 1. The molecule has 8 heteroatoms. The molecule has 3 heterocycles. The average molecular weight is 456 g/mol. The molecule has 0 aliphatic carbocycles. The Hall–Kier alpha value is -4.22. The summed E-state index contributed by atoms with van der Waals surface area (Å²) in [5, 5.41) is 13.9. The molecule has 0 saturated carbocycles. The van der Waals surface area contributed by atoms with E-state index in [1.54, 1.807) is 25.5 Å². The second-order valence-electron chi connectivity index (χ2n) is 7.96. The lowest BCUT2D eigenvalue weighted by Gasteiger charge is -2.07. The van der Waals surface area contributed by atoms with Crippen LogP contribution in [-0.2, 0) is 17.8 Å². The van der Waals surface area contributed by atoms with Crippen LogP contribution in [0.5, 0.6) is 0 Å². The first-order valence-electron chi connectivity index (χ1n) is 11.0. The summed E-state index contributed by atoms with van der Waals surface area (Å²) in [6.45, 7) is 2.14. The zero-order valence-corrected chi connectivity index (χ0v) is 18.8. The van der Waals surface area contributed by atoms with Gasteiger partial charge >= 0.3 is 0 Å². The van der Waals surface area contributed by atoms with Crippen molar-refractivity contribution in [1.29, 1.82) is 0 Å². The van der Waals surface area contributed by atoms with Crippen LogP contribution in [0.1, 0.15) is 54.2 Å². The average Bonchev–Trinajstić information content (AvgIpc) is 3.49. The van der Waals surface area contributed by atoms with Crippen molar-refractivity contribution in [3.8, 4) is 23.2 Å². The van der Waals surface area contributed by atoms with E-state index in [1.807, 2.05) is 47.0 Å². The number of rotatable bonds is 8. The number of nitrogens with zero attached hydrogens (tertiary/aromatic N) is 4. The number of benzene rings is 1. The number of hydrogen-bond donors (Lipinski definition) is 2. The number of aliphatic hydroxyl groups excluding tert-OH is 1. The molecule has 0 aliphatic rings. The Bertz CT molecular complexity index is 1310. The van der Waals surface area contributed by atoms with E-state index in [-0.39, 0.29) is 5.91 Å². The van der Waals surface area contributed by atoms with Crippen molar-refractivity contribution in [3.63, 3.8) is 0 Å². The smallest absolute Gasteiger partial charge is 0.217 e. The van der Waals surface area contributed by atoms with Gasteiger partial charge in [-0.25, -0.2) is 4.98 Å². The number of nitrogens with two attached hydrogens (primary N) is 1. The van der Waals surface area contributed by atoms with Gasteiger partial charge in [0.2, 0.25) is 5.91 Å². The highest BCUT2D eigenvalue weighted by Gasteiger charge is 2.12. The van der Waals surface area contributed by atoms with Crippen LogP contribution < -0.4 is 5.73 Å². The van der Waals surface area contributed by atoms with E-state index in [2.05, 4.69) is 27.0 Å². The molecule has 3 N–H and O–H groups in total. The van der Waals surface area contributed by atoms with Crippen LogP contribution in [0.15, 0.2) is 65.6 Å². The molecule has 0 bridgehead atoms. The molecular weight excluding hydrogens is 430 g/mol. The highest BCUT2D eigenvalue weighted by molar-refractivity contribution is 5.73. The molecule has 0 spiro atoms. The number of primary amides is 1. The van der Waals surface area contributed by atoms with Crippen molar-refractivity contribution in [1.82, 2.24) is 19.7 Å². The lowest BCUT2D eigenvalue weighted by molar-refractivity contribution is -0.118. The predicted octanol–water partition coefficient (Wildman–Crippen LogP) is 3.24. The number of pyridine rings is 1. The largest absolute Gasteiger partial charge is 0.385 e. The quantitative estimate of drug-likeness (QED) is 0.394. The van der Waals surface area contributed by atoms with Crippen LogP contribution in [-0.4, -0.2) is 30.7 Å².